The molecule has 1 aromatic rings. The minimum Gasteiger partial charge on any atom is -0.623 e. The van der Waals surface area contributed by atoms with Gasteiger partial charge in [0.25, 0.3) is 0 Å². The van der Waals surface area contributed by atoms with Gasteiger partial charge in [0.1, 0.15) is 0 Å². The molecule has 0 aliphatic heterocycles. The normalized spacial score (nSPS) is 19.5. The summed E-state index contributed by atoms with van der Waals surface area (Å²) in [6.07, 6.45) is 6.43. The van der Waals surface area contributed by atoms with Crippen molar-refractivity contribution in [3.63, 3.8) is 0 Å². The Morgan fingerprint density at radius 3 is 2.59 bits per heavy atom. The van der Waals surface area contributed by atoms with Gasteiger partial charge in [0.2, 0.25) is 0 Å². The zero-order valence-electron chi connectivity index (χ0n) is 10.4. The SMILES string of the molecule is CC1=C/C(=[N+](/[O-])Cc2ccccc2)CCCC1. The highest BCUT2D eigenvalue weighted by Gasteiger charge is 2.11. The first-order chi connectivity index (χ1) is 8.25. The maximum Gasteiger partial charge on any atom is 0.187 e. The second-order valence-electron chi connectivity index (χ2n) is 4.71. The molecule has 2 nitrogen and oxygen atoms in total. The Bertz CT molecular complexity index is 431. The number of hydrogen-bond acceptors (Lipinski definition) is 1. The van der Waals surface area contributed by atoms with E-state index in [1.807, 2.05) is 30.3 Å². The smallest absolute Gasteiger partial charge is 0.187 e. The average molecular weight is 229 g/mol. The van der Waals surface area contributed by atoms with Crippen LogP contribution >= 0.6 is 0 Å². The summed E-state index contributed by atoms with van der Waals surface area (Å²) in [5, 5.41) is 12.1. The second kappa shape index (κ2) is 5.67. The summed E-state index contributed by atoms with van der Waals surface area (Å²) in [5.74, 6) is 0. The van der Waals surface area contributed by atoms with Gasteiger partial charge in [0.05, 0.1) is 0 Å². The molecule has 0 saturated carbocycles. The zero-order valence-corrected chi connectivity index (χ0v) is 10.4. The van der Waals surface area contributed by atoms with Crippen LogP contribution in [0.1, 0.15) is 38.2 Å². The first kappa shape index (κ1) is 11.9. The maximum absolute atomic E-state index is 12.1. The summed E-state index contributed by atoms with van der Waals surface area (Å²) in [6, 6.07) is 9.92. The molecule has 0 fully saturated rings. The monoisotopic (exact) mass is 229 g/mol. The third-order valence-electron chi connectivity index (χ3n) is 3.16. The highest BCUT2D eigenvalue weighted by molar-refractivity contribution is 5.91. The van der Waals surface area contributed by atoms with Gasteiger partial charge in [-0.2, -0.15) is 0 Å². The summed E-state index contributed by atoms with van der Waals surface area (Å²) < 4.78 is 1.14. The molecule has 0 bridgehead atoms. The molecule has 1 aliphatic carbocycles. The lowest BCUT2D eigenvalue weighted by molar-refractivity contribution is -0.475. The molecule has 0 spiro atoms. The molecule has 0 atom stereocenters. The lowest BCUT2D eigenvalue weighted by Gasteiger charge is -2.08. The molecule has 0 saturated heterocycles. The van der Waals surface area contributed by atoms with Crippen molar-refractivity contribution in [1.29, 1.82) is 0 Å². The van der Waals surface area contributed by atoms with E-state index >= 15 is 0 Å². The Kier molecular flexibility index (Phi) is 3.97. The van der Waals surface area contributed by atoms with Crippen LogP contribution in [0.2, 0.25) is 0 Å². The van der Waals surface area contributed by atoms with Crippen molar-refractivity contribution >= 4 is 5.71 Å². The van der Waals surface area contributed by atoms with Crippen molar-refractivity contribution < 1.29 is 4.74 Å². The molecule has 90 valence electrons. The third-order valence-corrected chi connectivity index (χ3v) is 3.16. The fourth-order valence-electron chi connectivity index (χ4n) is 2.19. The lowest BCUT2D eigenvalue weighted by Crippen LogP contribution is -2.13. The molecular formula is C15H19NO. The maximum atomic E-state index is 12.1. The Balaban J connectivity index is 2.17. The molecule has 1 aromatic carbocycles. The van der Waals surface area contributed by atoms with Gasteiger partial charge >= 0.3 is 0 Å². The van der Waals surface area contributed by atoms with Crippen LogP contribution in [0, 0.1) is 5.21 Å². The first-order valence-electron chi connectivity index (χ1n) is 6.27. The molecule has 0 unspecified atom stereocenters. The Hall–Kier alpha value is -1.57. The Labute approximate surface area is 103 Å². The van der Waals surface area contributed by atoms with E-state index in [-0.39, 0.29) is 0 Å². The van der Waals surface area contributed by atoms with Crippen molar-refractivity contribution in [2.75, 3.05) is 0 Å². The van der Waals surface area contributed by atoms with E-state index in [1.54, 1.807) is 0 Å². The van der Waals surface area contributed by atoms with Crippen molar-refractivity contribution in [3.05, 3.63) is 52.8 Å². The van der Waals surface area contributed by atoms with Crippen LogP contribution < -0.4 is 0 Å². The minimum absolute atomic E-state index is 0.458. The van der Waals surface area contributed by atoms with E-state index < -0.39 is 0 Å². The molecule has 0 amide bonds. The van der Waals surface area contributed by atoms with Crippen LogP contribution in [-0.2, 0) is 6.54 Å². The Morgan fingerprint density at radius 2 is 1.82 bits per heavy atom. The lowest BCUT2D eigenvalue weighted by atomic mass is 10.2. The molecule has 1 aliphatic rings. The standard InChI is InChI=1S/C15H19NO/c1-13-7-5-6-10-15(11-13)16(17)12-14-8-3-2-4-9-14/h2-4,8-9,11H,5-7,10,12H2,1H3/b16-15+. The quantitative estimate of drug-likeness (QED) is 0.432. The zero-order chi connectivity index (χ0) is 12.1. The highest BCUT2D eigenvalue weighted by Crippen LogP contribution is 2.15. The number of hydroxylamine groups is 1. The van der Waals surface area contributed by atoms with Crippen LogP contribution in [0.15, 0.2) is 42.0 Å². The van der Waals surface area contributed by atoms with Gasteiger partial charge in [-0.3, -0.25) is 0 Å². The van der Waals surface area contributed by atoms with Gasteiger partial charge in [-0.25, -0.2) is 4.74 Å². The molecule has 2 heteroatoms. The Morgan fingerprint density at radius 1 is 1.12 bits per heavy atom. The number of rotatable bonds is 2. The van der Waals surface area contributed by atoms with E-state index in [1.165, 1.54) is 12.0 Å². The third kappa shape index (κ3) is 3.45. The first-order valence-corrected chi connectivity index (χ1v) is 6.27. The van der Waals surface area contributed by atoms with E-state index in [0.717, 1.165) is 35.3 Å². The van der Waals surface area contributed by atoms with Crippen LogP contribution in [0.3, 0.4) is 0 Å². The van der Waals surface area contributed by atoms with E-state index in [4.69, 9.17) is 0 Å². The average Bonchev–Trinajstić information content (AvgIpc) is 2.55. The topological polar surface area (TPSA) is 26.1 Å². The van der Waals surface area contributed by atoms with Gasteiger partial charge in [0.15, 0.2) is 12.3 Å². The molecular weight excluding hydrogens is 210 g/mol. The fourth-order valence-corrected chi connectivity index (χ4v) is 2.19. The fraction of sp³-hybridized carbons (Fsp3) is 0.400. The predicted octanol–water partition coefficient (Wildman–Crippen LogP) is 3.66. The summed E-state index contributed by atoms with van der Waals surface area (Å²) in [5.41, 5.74) is 3.33. The summed E-state index contributed by atoms with van der Waals surface area (Å²) >= 11 is 0. The van der Waals surface area contributed by atoms with Crippen molar-refractivity contribution in [3.8, 4) is 0 Å². The van der Waals surface area contributed by atoms with E-state index in [0.29, 0.717) is 6.54 Å². The molecule has 17 heavy (non-hydrogen) atoms. The summed E-state index contributed by atoms with van der Waals surface area (Å²) in [6.45, 7) is 2.57. The molecule has 0 radical (unpaired) electrons. The molecule has 2 rings (SSSR count). The molecule has 0 aromatic heterocycles. The van der Waals surface area contributed by atoms with Crippen molar-refractivity contribution in [2.45, 2.75) is 39.2 Å². The minimum atomic E-state index is 0.458. The van der Waals surface area contributed by atoms with Gasteiger partial charge in [-0.1, -0.05) is 35.9 Å². The van der Waals surface area contributed by atoms with Crippen LogP contribution in [-0.4, -0.2) is 10.5 Å². The van der Waals surface area contributed by atoms with Gasteiger partial charge in [0, 0.05) is 18.1 Å². The number of hydrogen-bond donors (Lipinski definition) is 0. The van der Waals surface area contributed by atoms with Gasteiger partial charge < -0.3 is 5.21 Å². The summed E-state index contributed by atoms with van der Waals surface area (Å²) in [4.78, 5) is 0. The van der Waals surface area contributed by atoms with Gasteiger partial charge in [-0.05, 0) is 26.2 Å². The number of benzene rings is 1. The van der Waals surface area contributed by atoms with E-state index in [9.17, 15) is 5.21 Å². The predicted molar refractivity (Wildman–Crippen MR) is 71.0 cm³/mol. The van der Waals surface area contributed by atoms with Crippen molar-refractivity contribution in [1.82, 2.24) is 0 Å². The highest BCUT2D eigenvalue weighted by atomic mass is 16.5. The molecule has 0 heterocycles. The summed E-state index contributed by atoms with van der Waals surface area (Å²) in [7, 11) is 0. The van der Waals surface area contributed by atoms with Crippen LogP contribution in [0.25, 0.3) is 0 Å². The number of nitrogens with zero attached hydrogens (tertiary/aromatic N) is 1. The second-order valence-corrected chi connectivity index (χ2v) is 4.71. The number of allylic oxidation sites excluding steroid dienone is 2. The van der Waals surface area contributed by atoms with Gasteiger partial charge in [-0.15, -0.1) is 0 Å². The molecule has 0 N–H and O–H groups in total. The largest absolute Gasteiger partial charge is 0.623 e. The van der Waals surface area contributed by atoms with Crippen molar-refractivity contribution in [2.24, 2.45) is 0 Å². The van der Waals surface area contributed by atoms with Crippen LogP contribution in [0.5, 0.6) is 0 Å². The van der Waals surface area contributed by atoms with Crippen LogP contribution in [0.4, 0.5) is 0 Å². The van der Waals surface area contributed by atoms with E-state index in [2.05, 4.69) is 13.0 Å².